The Morgan fingerprint density at radius 1 is 1.18 bits per heavy atom. The number of rotatable bonds is 9. The third kappa shape index (κ3) is 7.10. The maximum atomic E-state index is 11.6. The first-order valence-electron chi connectivity index (χ1n) is 9.70. The van der Waals surface area contributed by atoms with Gasteiger partial charge in [0, 0.05) is 35.6 Å². The first kappa shape index (κ1) is 21.5. The Morgan fingerprint density at radius 3 is 2.64 bits per heavy atom. The third-order valence-electron chi connectivity index (χ3n) is 4.27. The summed E-state index contributed by atoms with van der Waals surface area (Å²) in [4.78, 5) is 26.3. The van der Waals surface area contributed by atoms with Crippen molar-refractivity contribution in [1.82, 2.24) is 10.3 Å². The Hall–Kier alpha value is -2.76. The Bertz CT molecular complexity index is 830. The predicted octanol–water partition coefficient (Wildman–Crippen LogP) is 4.81. The minimum absolute atomic E-state index is 0.402. The molecule has 0 aliphatic heterocycles. The van der Waals surface area contributed by atoms with Crippen LogP contribution in [0.15, 0.2) is 42.1 Å². The fourth-order valence-corrected chi connectivity index (χ4v) is 2.95. The standard InChI is InChI=1S/C22H30N2O4/c1-22(2,3)28-21(27)23-13-9-5-4-6-10-16(20(25)26)14-17-15-24-19-12-8-7-11-18(17)19/h7-8,10-12,15,24H,4-6,9,13-14H2,1-3H3,(H,23,27)(H,25,26). The molecular weight excluding hydrogens is 356 g/mol. The molecule has 0 atom stereocenters. The van der Waals surface area contributed by atoms with Gasteiger partial charge in [-0.15, -0.1) is 0 Å². The second-order valence-electron chi connectivity index (χ2n) is 7.85. The minimum Gasteiger partial charge on any atom is -0.478 e. The number of para-hydroxylation sites is 1. The highest BCUT2D eigenvalue weighted by Gasteiger charge is 2.15. The summed E-state index contributed by atoms with van der Waals surface area (Å²) in [6.07, 6.45) is 7.01. The van der Waals surface area contributed by atoms with Crippen LogP contribution in [-0.4, -0.2) is 34.3 Å². The Morgan fingerprint density at radius 2 is 1.93 bits per heavy atom. The molecule has 2 aromatic rings. The molecule has 1 amide bonds. The van der Waals surface area contributed by atoms with Gasteiger partial charge in [-0.3, -0.25) is 0 Å². The van der Waals surface area contributed by atoms with E-state index < -0.39 is 17.7 Å². The highest BCUT2D eigenvalue weighted by Crippen LogP contribution is 2.21. The fraction of sp³-hybridized carbons (Fsp3) is 0.455. The van der Waals surface area contributed by atoms with Gasteiger partial charge in [-0.2, -0.15) is 0 Å². The summed E-state index contributed by atoms with van der Waals surface area (Å²) >= 11 is 0. The zero-order valence-corrected chi connectivity index (χ0v) is 16.9. The van der Waals surface area contributed by atoms with Crippen LogP contribution in [0.4, 0.5) is 4.79 Å². The zero-order valence-electron chi connectivity index (χ0n) is 16.9. The Labute approximate surface area is 166 Å². The molecule has 6 heteroatoms. The molecule has 1 aromatic carbocycles. The van der Waals surface area contributed by atoms with Gasteiger partial charge in [0.15, 0.2) is 0 Å². The fourth-order valence-electron chi connectivity index (χ4n) is 2.95. The third-order valence-corrected chi connectivity index (χ3v) is 4.27. The smallest absolute Gasteiger partial charge is 0.407 e. The van der Waals surface area contributed by atoms with E-state index in [2.05, 4.69) is 10.3 Å². The molecular formula is C22H30N2O4. The van der Waals surface area contributed by atoms with Crippen molar-refractivity contribution < 1.29 is 19.4 Å². The molecule has 0 aliphatic carbocycles. The molecule has 152 valence electrons. The number of H-pyrrole nitrogens is 1. The predicted molar refractivity (Wildman–Crippen MR) is 110 cm³/mol. The van der Waals surface area contributed by atoms with E-state index >= 15 is 0 Å². The van der Waals surface area contributed by atoms with Crippen LogP contribution in [0.1, 0.15) is 52.0 Å². The van der Waals surface area contributed by atoms with E-state index in [4.69, 9.17) is 4.74 Å². The van der Waals surface area contributed by atoms with Gasteiger partial charge in [0.25, 0.3) is 0 Å². The quantitative estimate of drug-likeness (QED) is 0.426. The van der Waals surface area contributed by atoms with Gasteiger partial charge < -0.3 is 20.1 Å². The number of nitrogens with one attached hydrogen (secondary N) is 2. The Balaban J connectivity index is 1.75. The van der Waals surface area contributed by atoms with Gasteiger partial charge in [0.1, 0.15) is 5.60 Å². The molecule has 0 aliphatic rings. The van der Waals surface area contributed by atoms with Crippen molar-refractivity contribution in [1.29, 1.82) is 0 Å². The van der Waals surface area contributed by atoms with Crippen molar-refractivity contribution >= 4 is 23.0 Å². The summed E-state index contributed by atoms with van der Waals surface area (Å²) < 4.78 is 5.18. The molecule has 0 bridgehead atoms. The van der Waals surface area contributed by atoms with Gasteiger partial charge >= 0.3 is 12.1 Å². The summed E-state index contributed by atoms with van der Waals surface area (Å²) in [5, 5.41) is 13.3. The van der Waals surface area contributed by atoms with Crippen LogP contribution in [0.3, 0.4) is 0 Å². The number of aliphatic carboxylic acids is 1. The number of hydrogen-bond acceptors (Lipinski definition) is 3. The second-order valence-corrected chi connectivity index (χ2v) is 7.85. The molecule has 0 saturated carbocycles. The highest BCUT2D eigenvalue weighted by molar-refractivity contribution is 5.89. The number of carboxylic acids is 1. The largest absolute Gasteiger partial charge is 0.478 e. The van der Waals surface area contributed by atoms with Crippen molar-refractivity contribution in [3.05, 3.63) is 47.7 Å². The number of carboxylic acid groups (broad SMARTS) is 1. The van der Waals surface area contributed by atoms with E-state index in [9.17, 15) is 14.7 Å². The number of carbonyl (C=O) groups excluding carboxylic acids is 1. The van der Waals surface area contributed by atoms with E-state index in [0.29, 0.717) is 25.0 Å². The number of amides is 1. The van der Waals surface area contributed by atoms with E-state index in [0.717, 1.165) is 35.7 Å². The van der Waals surface area contributed by atoms with E-state index in [1.807, 2.05) is 57.3 Å². The monoisotopic (exact) mass is 386 g/mol. The van der Waals surface area contributed by atoms with Crippen molar-refractivity contribution in [2.24, 2.45) is 0 Å². The normalized spacial score (nSPS) is 12.2. The van der Waals surface area contributed by atoms with E-state index in [-0.39, 0.29) is 0 Å². The van der Waals surface area contributed by atoms with Crippen molar-refractivity contribution in [2.45, 2.75) is 58.5 Å². The number of aromatic amines is 1. The molecule has 28 heavy (non-hydrogen) atoms. The maximum Gasteiger partial charge on any atom is 0.407 e. The molecule has 0 saturated heterocycles. The van der Waals surface area contributed by atoms with Crippen molar-refractivity contribution in [3.8, 4) is 0 Å². The van der Waals surface area contributed by atoms with Crippen molar-refractivity contribution in [3.63, 3.8) is 0 Å². The van der Waals surface area contributed by atoms with Gasteiger partial charge in [-0.1, -0.05) is 30.7 Å². The number of ether oxygens (including phenoxy) is 1. The lowest BCUT2D eigenvalue weighted by Crippen LogP contribution is -2.32. The van der Waals surface area contributed by atoms with Crippen LogP contribution < -0.4 is 5.32 Å². The van der Waals surface area contributed by atoms with Crippen LogP contribution in [-0.2, 0) is 16.0 Å². The second kappa shape index (κ2) is 9.97. The molecule has 1 aromatic heterocycles. The van der Waals surface area contributed by atoms with Gasteiger partial charge in [-0.25, -0.2) is 9.59 Å². The number of unbranched alkanes of at least 4 members (excludes halogenated alkanes) is 3. The number of hydrogen-bond donors (Lipinski definition) is 3. The molecule has 6 nitrogen and oxygen atoms in total. The molecule has 0 spiro atoms. The number of fused-ring (bicyclic) bond motifs is 1. The number of aromatic nitrogens is 1. The number of carbonyl (C=O) groups is 2. The molecule has 1 heterocycles. The van der Waals surface area contributed by atoms with E-state index in [1.54, 1.807) is 0 Å². The average molecular weight is 386 g/mol. The average Bonchev–Trinajstić information content (AvgIpc) is 3.01. The lowest BCUT2D eigenvalue weighted by molar-refractivity contribution is -0.132. The number of alkyl carbamates (subject to hydrolysis) is 1. The van der Waals surface area contributed by atoms with Crippen LogP contribution in [0.2, 0.25) is 0 Å². The summed E-state index contributed by atoms with van der Waals surface area (Å²) in [5.74, 6) is -0.878. The first-order chi connectivity index (χ1) is 13.3. The SMILES string of the molecule is CC(C)(C)OC(=O)NCCCCCC=C(Cc1c[nH]c2ccccc12)C(=O)O. The molecule has 0 radical (unpaired) electrons. The van der Waals surface area contributed by atoms with Crippen LogP contribution in [0.25, 0.3) is 10.9 Å². The Kier molecular flexibility index (Phi) is 7.67. The molecule has 2 rings (SSSR count). The number of benzene rings is 1. The van der Waals surface area contributed by atoms with Crippen LogP contribution in [0.5, 0.6) is 0 Å². The van der Waals surface area contributed by atoms with Crippen LogP contribution >= 0.6 is 0 Å². The van der Waals surface area contributed by atoms with Gasteiger partial charge in [-0.05, 0) is 51.7 Å². The first-order valence-corrected chi connectivity index (χ1v) is 9.70. The van der Waals surface area contributed by atoms with Gasteiger partial charge in [0.05, 0.1) is 0 Å². The summed E-state index contributed by atoms with van der Waals surface area (Å²) in [6, 6.07) is 7.88. The number of allylic oxidation sites excluding steroid dienone is 1. The highest BCUT2D eigenvalue weighted by atomic mass is 16.6. The van der Waals surface area contributed by atoms with Gasteiger partial charge in [0.2, 0.25) is 0 Å². The van der Waals surface area contributed by atoms with Crippen molar-refractivity contribution in [2.75, 3.05) is 6.54 Å². The zero-order chi connectivity index (χ0) is 20.6. The maximum absolute atomic E-state index is 11.6. The lowest BCUT2D eigenvalue weighted by atomic mass is 10.0. The molecule has 0 unspecified atom stereocenters. The van der Waals surface area contributed by atoms with E-state index in [1.165, 1.54) is 0 Å². The lowest BCUT2D eigenvalue weighted by Gasteiger charge is -2.19. The summed E-state index contributed by atoms with van der Waals surface area (Å²) in [6.45, 7) is 6.04. The minimum atomic E-state index is -0.878. The summed E-state index contributed by atoms with van der Waals surface area (Å²) in [7, 11) is 0. The topological polar surface area (TPSA) is 91.4 Å². The molecule has 3 N–H and O–H groups in total. The summed E-state index contributed by atoms with van der Waals surface area (Å²) in [5.41, 5.74) is 1.93. The molecule has 0 fully saturated rings. The van der Waals surface area contributed by atoms with Crippen LogP contribution in [0, 0.1) is 0 Å².